The Labute approximate surface area is 145 Å². The molecule has 1 aliphatic rings. The zero-order valence-corrected chi connectivity index (χ0v) is 16.1. The molecule has 0 bridgehead atoms. The third-order valence-electron chi connectivity index (χ3n) is 4.98. The second-order valence-corrected chi connectivity index (χ2v) is 11.6. The minimum atomic E-state index is -1.37. The van der Waals surface area contributed by atoms with Crippen molar-refractivity contribution in [2.75, 3.05) is 0 Å². The molecular formula is C19H25SiTi-. The summed E-state index contributed by atoms with van der Waals surface area (Å²) >= 11 is 0. The summed E-state index contributed by atoms with van der Waals surface area (Å²) in [6, 6.07) is 15.0. The van der Waals surface area contributed by atoms with Crippen molar-refractivity contribution in [3.8, 4) is 0 Å². The molecule has 21 heavy (non-hydrogen) atoms. The minimum absolute atomic E-state index is 0. The van der Waals surface area contributed by atoms with E-state index in [-0.39, 0.29) is 21.7 Å². The van der Waals surface area contributed by atoms with E-state index in [1.807, 2.05) is 0 Å². The molecule has 0 saturated carbocycles. The van der Waals surface area contributed by atoms with Crippen LogP contribution in [0.15, 0.2) is 36.4 Å². The van der Waals surface area contributed by atoms with Crippen molar-refractivity contribution in [3.63, 3.8) is 0 Å². The van der Waals surface area contributed by atoms with E-state index in [0.29, 0.717) is 0 Å². The average molecular weight is 329 g/mol. The van der Waals surface area contributed by atoms with Gasteiger partial charge in [0.2, 0.25) is 0 Å². The van der Waals surface area contributed by atoms with Gasteiger partial charge < -0.3 is 0 Å². The summed E-state index contributed by atoms with van der Waals surface area (Å²) in [7, 11) is -1.37. The van der Waals surface area contributed by atoms with E-state index in [1.54, 1.807) is 27.4 Å². The second kappa shape index (κ2) is 6.73. The summed E-state index contributed by atoms with van der Waals surface area (Å²) in [5.74, 6) is 0. The van der Waals surface area contributed by atoms with Crippen LogP contribution in [0.1, 0.15) is 35.1 Å². The fraction of sp³-hybridized carbons (Fsp3) is 0.421. The molecule has 0 nitrogen and oxygen atoms in total. The first kappa shape index (κ1) is 16.9. The van der Waals surface area contributed by atoms with Gasteiger partial charge in [0.05, 0.1) is 8.07 Å². The Balaban J connectivity index is 0.00000161. The Morgan fingerprint density at radius 1 is 1.05 bits per heavy atom. The van der Waals surface area contributed by atoms with Gasteiger partial charge in [-0.05, 0) is 0 Å². The zero-order valence-electron chi connectivity index (χ0n) is 13.5. The van der Waals surface area contributed by atoms with Gasteiger partial charge in [-0.1, -0.05) is 87.3 Å². The van der Waals surface area contributed by atoms with Crippen molar-refractivity contribution in [1.29, 1.82) is 0 Å². The summed E-state index contributed by atoms with van der Waals surface area (Å²) in [5, 5.41) is 1.58. The van der Waals surface area contributed by atoms with Gasteiger partial charge >= 0.3 is 0 Å². The normalized spacial score (nSPS) is 14.4. The molecule has 2 heteroatoms. The number of aryl methyl sites for hydroxylation is 1. The summed E-state index contributed by atoms with van der Waals surface area (Å²) in [6.45, 7) is 7.37. The van der Waals surface area contributed by atoms with Crippen molar-refractivity contribution in [1.82, 2.24) is 0 Å². The Kier molecular flexibility index (Phi) is 5.40. The Morgan fingerprint density at radius 3 is 2.38 bits per heavy atom. The van der Waals surface area contributed by atoms with E-state index in [1.165, 1.54) is 31.7 Å². The van der Waals surface area contributed by atoms with E-state index < -0.39 is 8.07 Å². The molecule has 110 valence electrons. The maximum atomic E-state index is 2.53. The smallest absolute Gasteiger partial charge is 0.0828 e. The second-order valence-electron chi connectivity index (χ2n) is 6.93. The number of fused-ring (bicyclic) bond motifs is 1. The van der Waals surface area contributed by atoms with Gasteiger partial charge in [0.1, 0.15) is 0 Å². The van der Waals surface area contributed by atoms with Crippen LogP contribution in [0.3, 0.4) is 0 Å². The summed E-state index contributed by atoms with van der Waals surface area (Å²) in [4.78, 5) is 0. The number of rotatable bonds is 3. The maximum Gasteiger partial charge on any atom is 0.0828 e. The number of hydrogen-bond donors (Lipinski definition) is 0. The topological polar surface area (TPSA) is 0 Å². The SMILES string of the molecule is C[c-]1c(C[Si](C)(C)c2ccccc2)cc2c1CCCC2.[Ti]. The average Bonchev–Trinajstić information content (AvgIpc) is 2.76. The van der Waals surface area contributed by atoms with Gasteiger partial charge in [0, 0.05) is 21.7 Å². The molecule has 0 unspecified atom stereocenters. The van der Waals surface area contributed by atoms with Gasteiger partial charge in [-0.25, -0.2) is 6.07 Å². The molecule has 0 atom stereocenters. The predicted molar refractivity (Wildman–Crippen MR) is 90.7 cm³/mol. The molecular weight excluding hydrogens is 304 g/mol. The van der Waals surface area contributed by atoms with E-state index in [4.69, 9.17) is 0 Å². The van der Waals surface area contributed by atoms with Crippen molar-refractivity contribution in [2.24, 2.45) is 0 Å². The molecule has 0 radical (unpaired) electrons. The third kappa shape index (κ3) is 3.47. The molecule has 3 rings (SSSR count). The molecule has 0 heterocycles. The fourth-order valence-electron chi connectivity index (χ4n) is 3.68. The van der Waals surface area contributed by atoms with Crippen LogP contribution in [0.5, 0.6) is 0 Å². The summed E-state index contributed by atoms with van der Waals surface area (Å²) in [6.07, 6.45) is 5.39. The molecule has 2 aromatic rings. The van der Waals surface area contributed by atoms with Crippen LogP contribution in [0.4, 0.5) is 0 Å². The van der Waals surface area contributed by atoms with Gasteiger partial charge in [-0.2, -0.15) is 22.3 Å². The van der Waals surface area contributed by atoms with Crippen LogP contribution >= 0.6 is 0 Å². The minimum Gasteiger partial charge on any atom is -0.207 e. The van der Waals surface area contributed by atoms with E-state index >= 15 is 0 Å². The zero-order chi connectivity index (χ0) is 14.2. The number of hydrogen-bond acceptors (Lipinski definition) is 0. The molecule has 0 saturated heterocycles. The Hall–Kier alpha value is -0.499. The summed E-state index contributed by atoms with van der Waals surface area (Å²) in [5.41, 5.74) is 6.58. The summed E-state index contributed by atoms with van der Waals surface area (Å²) < 4.78 is 0. The van der Waals surface area contributed by atoms with Crippen LogP contribution in [0.2, 0.25) is 13.1 Å². The van der Waals surface area contributed by atoms with Crippen LogP contribution < -0.4 is 5.19 Å². The molecule has 0 aromatic heterocycles. The van der Waals surface area contributed by atoms with Gasteiger partial charge in [0.25, 0.3) is 0 Å². The monoisotopic (exact) mass is 329 g/mol. The third-order valence-corrected chi connectivity index (χ3v) is 8.14. The molecule has 0 amide bonds. The van der Waals surface area contributed by atoms with Crippen molar-refractivity contribution < 1.29 is 21.7 Å². The first-order valence-corrected chi connectivity index (χ1v) is 11.1. The molecule has 0 spiro atoms. The van der Waals surface area contributed by atoms with Crippen molar-refractivity contribution in [3.05, 3.63) is 58.7 Å². The van der Waals surface area contributed by atoms with Crippen molar-refractivity contribution >= 4 is 13.3 Å². The van der Waals surface area contributed by atoms with E-state index in [9.17, 15) is 0 Å². The standard InChI is InChI=1S/C19H25Si.Ti/c1-15-17(13-16-9-7-8-12-19(15)16)14-20(2,3)18-10-5-4-6-11-18;/h4-6,10-11,13H,7-9,12,14H2,1-3H3;/q-1;. The number of benzene rings is 1. The largest absolute Gasteiger partial charge is 0.207 e. The van der Waals surface area contributed by atoms with Crippen LogP contribution in [0, 0.1) is 6.92 Å². The van der Waals surface area contributed by atoms with Crippen molar-refractivity contribution in [2.45, 2.75) is 51.7 Å². The van der Waals surface area contributed by atoms with Crippen LogP contribution in [0.25, 0.3) is 0 Å². The molecule has 0 fully saturated rings. The van der Waals surface area contributed by atoms with Crippen LogP contribution in [-0.4, -0.2) is 8.07 Å². The molecule has 1 aliphatic carbocycles. The molecule has 0 aliphatic heterocycles. The first-order valence-electron chi connectivity index (χ1n) is 7.90. The predicted octanol–water partition coefficient (Wildman–Crippen LogP) is 4.29. The maximum absolute atomic E-state index is 2.53. The Morgan fingerprint density at radius 2 is 1.71 bits per heavy atom. The van der Waals surface area contributed by atoms with Gasteiger partial charge in [-0.15, -0.1) is 0 Å². The molecule has 0 N–H and O–H groups in total. The Bertz CT molecular complexity index is 596. The van der Waals surface area contributed by atoms with Crippen LogP contribution in [-0.2, 0) is 40.6 Å². The van der Waals surface area contributed by atoms with Gasteiger partial charge in [-0.3, -0.25) is 0 Å². The molecule has 2 aromatic carbocycles. The quantitative estimate of drug-likeness (QED) is 0.582. The van der Waals surface area contributed by atoms with Gasteiger partial charge in [0.15, 0.2) is 0 Å². The first-order chi connectivity index (χ1) is 9.58. The van der Waals surface area contributed by atoms with E-state index in [2.05, 4.69) is 56.4 Å². The van der Waals surface area contributed by atoms with E-state index in [0.717, 1.165) is 0 Å². The fourth-order valence-corrected chi connectivity index (χ4v) is 6.30.